The van der Waals surface area contributed by atoms with E-state index in [-0.39, 0.29) is 27.8 Å². The number of rotatable bonds is 3. The molecule has 0 fully saturated rings. The molecule has 1 aromatic rings. The third-order valence-corrected chi connectivity index (χ3v) is 4.85. The van der Waals surface area contributed by atoms with Crippen LogP contribution in [0.5, 0.6) is 0 Å². The van der Waals surface area contributed by atoms with Gasteiger partial charge < -0.3 is 0 Å². The summed E-state index contributed by atoms with van der Waals surface area (Å²) in [5.74, 6) is 0. The number of fused-ring (bicyclic) bond motifs is 1. The molecule has 1 aliphatic rings. The summed E-state index contributed by atoms with van der Waals surface area (Å²) in [6.07, 6.45) is 1.52. The van der Waals surface area contributed by atoms with Gasteiger partial charge in [0.2, 0.25) is 0 Å². The van der Waals surface area contributed by atoms with E-state index in [0.29, 0.717) is 5.56 Å². The van der Waals surface area contributed by atoms with Gasteiger partial charge in [-0.1, -0.05) is 27.7 Å². The van der Waals surface area contributed by atoms with Crippen molar-refractivity contribution in [2.45, 2.75) is 58.3 Å². The average Bonchev–Trinajstić information content (AvgIpc) is 2.55. The molecule has 21 heavy (non-hydrogen) atoms. The highest BCUT2D eigenvalue weighted by molar-refractivity contribution is 5.67. The van der Waals surface area contributed by atoms with Crippen molar-refractivity contribution in [2.24, 2.45) is 0 Å². The maximum Gasteiger partial charge on any atom is 0.283 e. The van der Waals surface area contributed by atoms with Crippen LogP contribution in [0.2, 0.25) is 0 Å². The number of nitro benzene ring substituents is 2. The van der Waals surface area contributed by atoms with Gasteiger partial charge in [0.05, 0.1) is 9.85 Å². The molecule has 0 aromatic heterocycles. The normalized spacial score (nSPS) is 22.9. The third-order valence-electron chi connectivity index (χ3n) is 4.85. The lowest BCUT2D eigenvalue weighted by Gasteiger charge is -2.25. The third kappa shape index (κ3) is 2.09. The average molecular weight is 292 g/mol. The number of benzene rings is 1. The summed E-state index contributed by atoms with van der Waals surface area (Å²) in [4.78, 5) is 21.8. The van der Waals surface area contributed by atoms with Crippen LogP contribution in [0.4, 0.5) is 11.4 Å². The predicted octanol–water partition coefficient (Wildman–Crippen LogP) is 4.16. The molecule has 0 radical (unpaired) electrons. The van der Waals surface area contributed by atoms with Gasteiger partial charge in [-0.3, -0.25) is 20.2 Å². The van der Waals surface area contributed by atoms with Crippen molar-refractivity contribution < 1.29 is 9.85 Å². The molecule has 0 saturated heterocycles. The van der Waals surface area contributed by atoms with Gasteiger partial charge in [-0.05, 0) is 30.7 Å². The zero-order chi connectivity index (χ0) is 16.2. The predicted molar refractivity (Wildman–Crippen MR) is 79.8 cm³/mol. The Kier molecular flexibility index (Phi) is 3.31. The van der Waals surface area contributed by atoms with Gasteiger partial charge in [-0.25, -0.2) is 0 Å². The van der Waals surface area contributed by atoms with Gasteiger partial charge >= 0.3 is 0 Å². The molecular weight excluding hydrogens is 272 g/mol. The highest BCUT2D eigenvalue weighted by Crippen LogP contribution is 2.56. The lowest BCUT2D eigenvalue weighted by atomic mass is 9.78. The van der Waals surface area contributed by atoms with E-state index in [4.69, 9.17) is 0 Å². The molecule has 0 heterocycles. The van der Waals surface area contributed by atoms with Crippen LogP contribution in [-0.2, 0) is 10.8 Å². The van der Waals surface area contributed by atoms with Gasteiger partial charge in [-0.2, -0.15) is 0 Å². The van der Waals surface area contributed by atoms with Crippen molar-refractivity contribution in [1.82, 2.24) is 0 Å². The Labute approximate surface area is 123 Å². The number of hydrogen-bond acceptors (Lipinski definition) is 4. The van der Waals surface area contributed by atoms with Crippen molar-refractivity contribution in [1.29, 1.82) is 0 Å². The maximum absolute atomic E-state index is 11.6. The largest absolute Gasteiger partial charge is 0.283 e. The first-order chi connectivity index (χ1) is 9.55. The van der Waals surface area contributed by atoms with Crippen LogP contribution < -0.4 is 0 Å². The van der Waals surface area contributed by atoms with E-state index >= 15 is 0 Å². The second-order valence-electron chi connectivity index (χ2n) is 6.78. The molecule has 0 unspecified atom stereocenters. The second-order valence-corrected chi connectivity index (χ2v) is 6.78. The highest BCUT2D eigenvalue weighted by Gasteiger charge is 2.50. The van der Waals surface area contributed by atoms with Crippen LogP contribution in [0.1, 0.15) is 57.2 Å². The van der Waals surface area contributed by atoms with Gasteiger partial charge in [0, 0.05) is 17.0 Å². The first-order valence-electron chi connectivity index (χ1n) is 7.02. The monoisotopic (exact) mass is 292 g/mol. The molecule has 114 valence electrons. The molecular formula is C15H20N2O4. The molecule has 0 spiro atoms. The Morgan fingerprint density at radius 2 is 1.76 bits per heavy atom. The highest BCUT2D eigenvalue weighted by atomic mass is 16.6. The molecule has 0 aliphatic heterocycles. The molecule has 1 aliphatic carbocycles. The van der Waals surface area contributed by atoms with Crippen LogP contribution in [-0.4, -0.2) is 9.85 Å². The van der Waals surface area contributed by atoms with E-state index in [0.717, 1.165) is 18.4 Å². The fraction of sp³-hybridized carbons (Fsp3) is 0.600. The molecule has 0 N–H and O–H groups in total. The zero-order valence-electron chi connectivity index (χ0n) is 13.0. The fourth-order valence-corrected chi connectivity index (χ4v) is 3.78. The van der Waals surface area contributed by atoms with Crippen molar-refractivity contribution in [3.05, 3.63) is 43.0 Å². The van der Waals surface area contributed by atoms with E-state index in [9.17, 15) is 20.2 Å². The van der Waals surface area contributed by atoms with Gasteiger partial charge in [-0.15, -0.1) is 0 Å². The van der Waals surface area contributed by atoms with Gasteiger partial charge in [0.15, 0.2) is 0 Å². The zero-order valence-corrected chi connectivity index (χ0v) is 13.0. The Balaban J connectivity index is 2.95. The molecule has 1 aromatic carbocycles. The Morgan fingerprint density at radius 3 is 2.19 bits per heavy atom. The molecule has 0 bridgehead atoms. The van der Waals surface area contributed by atoms with Gasteiger partial charge in [0.1, 0.15) is 5.56 Å². The number of nitro groups is 2. The van der Waals surface area contributed by atoms with E-state index in [1.165, 1.54) is 6.92 Å². The van der Waals surface area contributed by atoms with Crippen LogP contribution in [0.15, 0.2) is 6.07 Å². The Hall–Kier alpha value is -1.98. The minimum Gasteiger partial charge on any atom is -0.258 e. The summed E-state index contributed by atoms with van der Waals surface area (Å²) in [6, 6.07) is 1.54. The molecule has 6 heteroatoms. The first-order valence-corrected chi connectivity index (χ1v) is 7.02. The Bertz CT molecular complexity index is 652. The summed E-state index contributed by atoms with van der Waals surface area (Å²) in [5, 5.41) is 22.8. The van der Waals surface area contributed by atoms with Crippen molar-refractivity contribution in [2.75, 3.05) is 0 Å². The lowest BCUT2D eigenvalue weighted by Crippen LogP contribution is -2.21. The van der Waals surface area contributed by atoms with Crippen LogP contribution in [0.25, 0.3) is 0 Å². The standard InChI is InChI=1S/C15H20N2O4/c1-6-15(5)8-14(3,4)10-7-11(16(18)19)9(2)13(12(10)15)17(20)21/h7H,6,8H2,1-5H3/t15-/m0/s1. The van der Waals surface area contributed by atoms with E-state index in [1.807, 2.05) is 27.7 Å². The molecule has 0 amide bonds. The van der Waals surface area contributed by atoms with Gasteiger partial charge in [0.25, 0.3) is 11.4 Å². The first kappa shape index (κ1) is 15.4. The maximum atomic E-state index is 11.6. The molecule has 0 saturated carbocycles. The number of nitrogens with zero attached hydrogens (tertiary/aromatic N) is 2. The topological polar surface area (TPSA) is 86.3 Å². The summed E-state index contributed by atoms with van der Waals surface area (Å²) in [5.41, 5.74) is 0.729. The van der Waals surface area contributed by atoms with Crippen LogP contribution in [0.3, 0.4) is 0 Å². The van der Waals surface area contributed by atoms with Crippen molar-refractivity contribution in [3.63, 3.8) is 0 Å². The summed E-state index contributed by atoms with van der Waals surface area (Å²) in [7, 11) is 0. The second kappa shape index (κ2) is 4.51. The summed E-state index contributed by atoms with van der Waals surface area (Å²) < 4.78 is 0. The van der Waals surface area contributed by atoms with E-state index < -0.39 is 9.85 Å². The van der Waals surface area contributed by atoms with E-state index in [1.54, 1.807) is 6.07 Å². The van der Waals surface area contributed by atoms with Crippen molar-refractivity contribution >= 4 is 11.4 Å². The van der Waals surface area contributed by atoms with Crippen molar-refractivity contribution in [3.8, 4) is 0 Å². The number of hydrogen-bond donors (Lipinski definition) is 0. The smallest absolute Gasteiger partial charge is 0.258 e. The Morgan fingerprint density at radius 1 is 1.19 bits per heavy atom. The molecule has 6 nitrogen and oxygen atoms in total. The fourth-order valence-electron chi connectivity index (χ4n) is 3.78. The minimum absolute atomic E-state index is 0.0749. The minimum atomic E-state index is -0.527. The summed E-state index contributed by atoms with van der Waals surface area (Å²) >= 11 is 0. The van der Waals surface area contributed by atoms with Crippen LogP contribution >= 0.6 is 0 Å². The molecule has 1 atom stereocenters. The lowest BCUT2D eigenvalue weighted by molar-refractivity contribution is -0.395. The summed E-state index contributed by atoms with van der Waals surface area (Å²) in [6.45, 7) is 9.48. The quantitative estimate of drug-likeness (QED) is 0.618. The van der Waals surface area contributed by atoms with Crippen LogP contribution in [0, 0.1) is 27.2 Å². The SMILES string of the molecule is CC[C@@]1(C)CC(C)(C)c2cc([N+](=O)[O-])c(C)c([N+](=O)[O-])c21. The molecule has 2 rings (SSSR count). The van der Waals surface area contributed by atoms with E-state index in [2.05, 4.69) is 0 Å².